The van der Waals surface area contributed by atoms with E-state index in [9.17, 15) is 18.8 Å². The van der Waals surface area contributed by atoms with E-state index in [0.717, 1.165) is 6.29 Å². The van der Waals surface area contributed by atoms with Crippen molar-refractivity contribution in [3.63, 3.8) is 0 Å². The number of nitrogens with one attached hydrogen (secondary N) is 1. The summed E-state index contributed by atoms with van der Waals surface area (Å²) in [4.78, 5) is 43.5. The SMILES string of the molecule is COc1nc(C(=O)NCCCC(C)(C)C=O)c2c(c1OC)C(=O)N(Cc1ccc(F)c(Cl)c1)CC2. The summed E-state index contributed by atoms with van der Waals surface area (Å²) in [7, 11) is 2.78. The summed E-state index contributed by atoms with van der Waals surface area (Å²) in [5, 5.41) is 2.80. The molecule has 0 saturated carbocycles. The van der Waals surface area contributed by atoms with Gasteiger partial charge in [-0.1, -0.05) is 31.5 Å². The molecule has 2 amide bonds. The van der Waals surface area contributed by atoms with E-state index in [4.69, 9.17) is 21.1 Å². The fourth-order valence-corrected chi connectivity index (χ4v) is 4.17. The van der Waals surface area contributed by atoms with E-state index >= 15 is 0 Å². The highest BCUT2D eigenvalue weighted by Crippen LogP contribution is 2.37. The number of aromatic nitrogens is 1. The van der Waals surface area contributed by atoms with Crippen LogP contribution in [0, 0.1) is 11.2 Å². The van der Waals surface area contributed by atoms with Gasteiger partial charge in [-0.25, -0.2) is 9.37 Å². The highest BCUT2D eigenvalue weighted by atomic mass is 35.5. The Kier molecular flexibility index (Phi) is 8.32. The molecule has 1 aliphatic heterocycles. The van der Waals surface area contributed by atoms with Crippen molar-refractivity contribution in [2.75, 3.05) is 27.3 Å². The van der Waals surface area contributed by atoms with E-state index in [1.165, 1.54) is 26.4 Å². The van der Waals surface area contributed by atoms with Crippen molar-refractivity contribution in [1.29, 1.82) is 0 Å². The zero-order valence-corrected chi connectivity index (χ0v) is 21.0. The molecule has 0 bridgehead atoms. The van der Waals surface area contributed by atoms with Crippen LogP contribution in [0.4, 0.5) is 4.39 Å². The zero-order valence-electron chi connectivity index (χ0n) is 20.2. The first-order valence-corrected chi connectivity index (χ1v) is 11.6. The van der Waals surface area contributed by atoms with Gasteiger partial charge >= 0.3 is 0 Å². The molecular weight excluding hydrogens is 477 g/mol. The average Bonchev–Trinajstić information content (AvgIpc) is 2.84. The van der Waals surface area contributed by atoms with Crippen LogP contribution < -0.4 is 14.8 Å². The highest BCUT2D eigenvalue weighted by molar-refractivity contribution is 6.30. The van der Waals surface area contributed by atoms with Crippen molar-refractivity contribution in [1.82, 2.24) is 15.2 Å². The molecule has 35 heavy (non-hydrogen) atoms. The monoisotopic (exact) mass is 505 g/mol. The van der Waals surface area contributed by atoms with Crippen LogP contribution in [0.15, 0.2) is 18.2 Å². The fourth-order valence-electron chi connectivity index (χ4n) is 3.97. The number of ether oxygens (including phenoxy) is 2. The minimum atomic E-state index is -0.534. The Hall–Kier alpha value is -3.20. The Bertz CT molecular complexity index is 1140. The molecule has 188 valence electrons. The molecule has 2 aromatic rings. The minimum absolute atomic E-state index is 0.0219. The number of rotatable bonds is 10. The molecule has 1 aromatic carbocycles. The van der Waals surface area contributed by atoms with Gasteiger partial charge in [-0.05, 0) is 37.0 Å². The quantitative estimate of drug-likeness (QED) is 0.389. The van der Waals surface area contributed by atoms with Gasteiger partial charge in [0.2, 0.25) is 0 Å². The molecule has 0 radical (unpaired) electrons. The minimum Gasteiger partial charge on any atom is -0.491 e. The van der Waals surface area contributed by atoms with Gasteiger partial charge in [-0.3, -0.25) is 9.59 Å². The van der Waals surface area contributed by atoms with E-state index in [0.29, 0.717) is 43.5 Å². The van der Waals surface area contributed by atoms with Crippen molar-refractivity contribution in [2.45, 2.75) is 39.7 Å². The molecule has 1 N–H and O–H groups in total. The van der Waals surface area contributed by atoms with E-state index in [1.807, 2.05) is 13.8 Å². The summed E-state index contributed by atoms with van der Waals surface area (Å²) in [6, 6.07) is 4.31. The lowest BCUT2D eigenvalue weighted by Gasteiger charge is -2.31. The molecule has 0 atom stereocenters. The van der Waals surface area contributed by atoms with Gasteiger partial charge in [0.1, 0.15) is 17.8 Å². The zero-order chi connectivity index (χ0) is 25.8. The van der Waals surface area contributed by atoms with Gasteiger partial charge in [0, 0.05) is 30.6 Å². The molecule has 10 heteroatoms. The maximum atomic E-state index is 13.5. The van der Waals surface area contributed by atoms with Crippen molar-refractivity contribution in [3.05, 3.63) is 51.4 Å². The fraction of sp³-hybridized carbons (Fsp3) is 0.440. The third-order valence-electron chi connectivity index (χ3n) is 5.93. The summed E-state index contributed by atoms with van der Waals surface area (Å²) in [6.07, 6.45) is 2.50. The Labute approximate surface area is 208 Å². The Morgan fingerprint density at radius 2 is 2.06 bits per heavy atom. The van der Waals surface area contributed by atoms with Crippen LogP contribution in [0.2, 0.25) is 5.02 Å². The number of amides is 2. The van der Waals surface area contributed by atoms with Crippen LogP contribution in [0.5, 0.6) is 11.6 Å². The lowest BCUT2D eigenvalue weighted by molar-refractivity contribution is -0.115. The standard InChI is InChI=1S/C25H29ClFN3O5/c1-25(2,14-31)9-5-10-28-22(32)20-16-8-11-30(13-15-6-7-18(27)17(26)12-15)24(33)19(16)21(34-3)23(29-20)35-4/h6-7,12,14H,5,8-11,13H2,1-4H3,(H,28,32). The molecule has 1 aromatic heterocycles. The smallest absolute Gasteiger partial charge is 0.270 e. The third-order valence-corrected chi connectivity index (χ3v) is 6.22. The molecular formula is C25H29ClFN3O5. The molecule has 0 saturated heterocycles. The first-order valence-electron chi connectivity index (χ1n) is 11.2. The Morgan fingerprint density at radius 3 is 2.69 bits per heavy atom. The van der Waals surface area contributed by atoms with Gasteiger partial charge < -0.3 is 24.5 Å². The summed E-state index contributed by atoms with van der Waals surface area (Å²) in [5.41, 5.74) is 1.00. The number of hydrogen-bond donors (Lipinski definition) is 1. The van der Waals surface area contributed by atoms with E-state index in [1.54, 1.807) is 11.0 Å². The van der Waals surface area contributed by atoms with E-state index in [2.05, 4.69) is 10.3 Å². The van der Waals surface area contributed by atoms with Gasteiger partial charge in [-0.2, -0.15) is 0 Å². The lowest BCUT2D eigenvalue weighted by Crippen LogP contribution is -2.39. The predicted octanol–water partition coefficient (Wildman–Crippen LogP) is 3.82. The highest BCUT2D eigenvalue weighted by Gasteiger charge is 2.35. The number of pyridine rings is 1. The lowest BCUT2D eigenvalue weighted by atomic mass is 9.90. The molecule has 3 rings (SSSR count). The van der Waals surface area contributed by atoms with Crippen molar-refractivity contribution < 1.29 is 28.2 Å². The molecule has 0 unspecified atom stereocenters. The summed E-state index contributed by atoms with van der Waals surface area (Å²) in [6.45, 7) is 4.56. The van der Waals surface area contributed by atoms with Crippen LogP contribution >= 0.6 is 11.6 Å². The van der Waals surface area contributed by atoms with Crippen molar-refractivity contribution in [3.8, 4) is 11.6 Å². The van der Waals surface area contributed by atoms with Gasteiger partial charge in [0.05, 0.1) is 24.8 Å². The number of carbonyl (C=O) groups is 3. The number of fused-ring (bicyclic) bond motifs is 1. The number of nitrogens with zero attached hydrogens (tertiary/aromatic N) is 2. The largest absolute Gasteiger partial charge is 0.491 e. The second kappa shape index (κ2) is 11.0. The van der Waals surface area contributed by atoms with Crippen LogP contribution in [-0.4, -0.2) is 55.3 Å². The first kappa shape index (κ1) is 26.4. The molecule has 0 spiro atoms. The van der Waals surface area contributed by atoms with Gasteiger partial charge in [0.15, 0.2) is 5.75 Å². The first-order chi connectivity index (χ1) is 16.6. The van der Waals surface area contributed by atoms with E-state index in [-0.39, 0.29) is 40.4 Å². The number of carbonyl (C=O) groups excluding carboxylic acids is 3. The second-order valence-electron chi connectivity index (χ2n) is 9.05. The van der Waals surface area contributed by atoms with Gasteiger partial charge in [0.25, 0.3) is 17.7 Å². The topological polar surface area (TPSA) is 97.8 Å². The van der Waals surface area contributed by atoms with E-state index < -0.39 is 17.1 Å². The summed E-state index contributed by atoms with van der Waals surface area (Å²) in [5.74, 6) is -1.14. The molecule has 0 fully saturated rings. The van der Waals surface area contributed by atoms with Crippen LogP contribution in [0.1, 0.15) is 58.7 Å². The number of benzene rings is 1. The molecule has 2 heterocycles. The van der Waals surface area contributed by atoms with Crippen LogP contribution in [-0.2, 0) is 17.8 Å². The molecule has 0 aliphatic carbocycles. The number of halogens is 2. The Balaban J connectivity index is 1.87. The summed E-state index contributed by atoms with van der Waals surface area (Å²) >= 11 is 5.89. The number of aldehydes is 1. The predicted molar refractivity (Wildman–Crippen MR) is 129 cm³/mol. The van der Waals surface area contributed by atoms with Crippen molar-refractivity contribution >= 4 is 29.7 Å². The second-order valence-corrected chi connectivity index (χ2v) is 9.45. The normalized spacial score (nSPS) is 13.3. The third kappa shape index (κ3) is 5.90. The number of hydrogen-bond acceptors (Lipinski definition) is 6. The number of methoxy groups -OCH3 is 2. The summed E-state index contributed by atoms with van der Waals surface area (Å²) < 4.78 is 24.3. The van der Waals surface area contributed by atoms with Crippen molar-refractivity contribution in [2.24, 2.45) is 5.41 Å². The van der Waals surface area contributed by atoms with Crippen LogP contribution in [0.3, 0.4) is 0 Å². The maximum Gasteiger partial charge on any atom is 0.270 e. The average molecular weight is 506 g/mol. The van der Waals surface area contributed by atoms with Gasteiger partial charge in [-0.15, -0.1) is 0 Å². The molecule has 8 nitrogen and oxygen atoms in total. The maximum absolute atomic E-state index is 13.5. The van der Waals surface area contributed by atoms with Crippen LogP contribution in [0.25, 0.3) is 0 Å². The Morgan fingerprint density at radius 1 is 1.31 bits per heavy atom. The molecule has 1 aliphatic rings.